The van der Waals surface area contributed by atoms with Gasteiger partial charge < -0.3 is 9.88 Å². The molecule has 0 aliphatic heterocycles. The number of amides is 1. The van der Waals surface area contributed by atoms with Crippen molar-refractivity contribution < 1.29 is 4.79 Å². The van der Waals surface area contributed by atoms with Gasteiger partial charge in [0, 0.05) is 16.1 Å². The molecule has 0 saturated heterocycles. The number of aromatic nitrogens is 2. The molecule has 0 bridgehead atoms. The maximum absolute atomic E-state index is 12.5. The summed E-state index contributed by atoms with van der Waals surface area (Å²) in [6, 6.07) is 15.0. The first-order valence-electron chi connectivity index (χ1n) is 7.86. The van der Waals surface area contributed by atoms with Gasteiger partial charge in [0.2, 0.25) is 5.91 Å². The summed E-state index contributed by atoms with van der Waals surface area (Å²) in [6.07, 6.45) is 0. The van der Waals surface area contributed by atoms with E-state index in [-0.39, 0.29) is 17.9 Å². The molecule has 0 fully saturated rings. The fraction of sp³-hybridized carbons (Fsp3) is 0.263. The van der Waals surface area contributed by atoms with Gasteiger partial charge in [0.05, 0.1) is 11.0 Å². The van der Waals surface area contributed by atoms with E-state index in [1.54, 1.807) is 24.3 Å². The van der Waals surface area contributed by atoms with Crippen molar-refractivity contribution in [2.45, 2.75) is 32.7 Å². The van der Waals surface area contributed by atoms with Gasteiger partial charge in [0.25, 0.3) is 0 Å². The molecule has 2 aromatic carbocycles. The van der Waals surface area contributed by atoms with Crippen molar-refractivity contribution >= 4 is 34.2 Å². The zero-order chi connectivity index (χ0) is 17.3. The summed E-state index contributed by atoms with van der Waals surface area (Å²) in [7, 11) is 0. The van der Waals surface area contributed by atoms with Gasteiger partial charge in [-0.15, -0.1) is 0 Å². The summed E-state index contributed by atoms with van der Waals surface area (Å²) >= 11 is 5.87. The summed E-state index contributed by atoms with van der Waals surface area (Å²) in [5, 5.41) is 3.55. The number of halogens is 1. The lowest BCUT2D eigenvalue weighted by Crippen LogP contribution is -2.25. The van der Waals surface area contributed by atoms with Gasteiger partial charge in [-0.3, -0.25) is 4.79 Å². The molecule has 0 unspecified atom stereocenters. The predicted molar refractivity (Wildman–Crippen MR) is 98.5 cm³/mol. The van der Waals surface area contributed by atoms with Crippen LogP contribution >= 0.6 is 11.6 Å². The number of hydrogen-bond acceptors (Lipinski definition) is 2. The molecule has 4 nitrogen and oxygen atoms in total. The fourth-order valence-electron chi connectivity index (χ4n) is 2.69. The van der Waals surface area contributed by atoms with Crippen LogP contribution in [0, 0.1) is 0 Å². The average Bonchev–Trinajstić information content (AvgIpc) is 2.89. The second-order valence-corrected chi connectivity index (χ2v) is 7.25. The van der Waals surface area contributed by atoms with Crippen molar-refractivity contribution in [2.24, 2.45) is 0 Å². The first-order chi connectivity index (χ1) is 11.3. The van der Waals surface area contributed by atoms with E-state index in [9.17, 15) is 4.79 Å². The van der Waals surface area contributed by atoms with Gasteiger partial charge in [-0.2, -0.15) is 0 Å². The number of fused-ring (bicyclic) bond motifs is 1. The lowest BCUT2D eigenvalue weighted by atomic mass is 9.95. The Balaban J connectivity index is 1.91. The predicted octanol–water partition coefficient (Wildman–Crippen LogP) is 4.63. The minimum absolute atomic E-state index is 0.0917. The van der Waals surface area contributed by atoms with Gasteiger partial charge in [0.15, 0.2) is 0 Å². The van der Waals surface area contributed by atoms with Gasteiger partial charge in [-0.1, -0.05) is 44.5 Å². The molecule has 0 saturated carbocycles. The molecule has 1 heterocycles. The highest BCUT2D eigenvalue weighted by atomic mass is 35.5. The van der Waals surface area contributed by atoms with Crippen molar-refractivity contribution in [3.63, 3.8) is 0 Å². The van der Waals surface area contributed by atoms with E-state index in [0.29, 0.717) is 5.02 Å². The number of benzene rings is 2. The summed E-state index contributed by atoms with van der Waals surface area (Å²) in [5.41, 5.74) is 2.45. The molecule has 3 rings (SSSR count). The highest BCUT2D eigenvalue weighted by Crippen LogP contribution is 2.26. The van der Waals surface area contributed by atoms with Crippen molar-refractivity contribution in [2.75, 3.05) is 5.32 Å². The number of hydrogen-bond donors (Lipinski definition) is 1. The Labute approximate surface area is 146 Å². The van der Waals surface area contributed by atoms with E-state index in [2.05, 4.69) is 26.1 Å². The Kier molecular flexibility index (Phi) is 4.33. The van der Waals surface area contributed by atoms with Crippen LogP contribution in [0.1, 0.15) is 26.6 Å². The number of carbonyl (C=O) groups excluding carboxylic acids is 1. The van der Waals surface area contributed by atoms with Gasteiger partial charge >= 0.3 is 0 Å². The third kappa shape index (κ3) is 3.44. The van der Waals surface area contributed by atoms with Crippen LogP contribution in [-0.4, -0.2) is 15.5 Å². The lowest BCUT2D eigenvalue weighted by molar-refractivity contribution is -0.116. The minimum Gasteiger partial charge on any atom is -0.325 e. The highest BCUT2D eigenvalue weighted by Gasteiger charge is 2.23. The molecule has 0 atom stereocenters. The van der Waals surface area contributed by atoms with Crippen molar-refractivity contribution in [3.05, 3.63) is 59.4 Å². The second kappa shape index (κ2) is 6.29. The minimum atomic E-state index is -0.153. The number of nitrogens with one attached hydrogen (secondary N) is 1. The molecule has 1 amide bonds. The third-order valence-electron chi connectivity index (χ3n) is 3.76. The lowest BCUT2D eigenvalue weighted by Gasteiger charge is -2.20. The van der Waals surface area contributed by atoms with E-state index in [1.165, 1.54) is 0 Å². The van der Waals surface area contributed by atoms with Crippen LogP contribution < -0.4 is 5.32 Å². The van der Waals surface area contributed by atoms with Gasteiger partial charge in [-0.25, -0.2) is 4.98 Å². The summed E-state index contributed by atoms with van der Waals surface area (Å²) in [4.78, 5) is 17.2. The first kappa shape index (κ1) is 16.5. The quantitative estimate of drug-likeness (QED) is 0.755. The van der Waals surface area contributed by atoms with Crippen LogP contribution in [0.5, 0.6) is 0 Å². The molecular formula is C19H20ClN3O. The van der Waals surface area contributed by atoms with Crippen LogP contribution in [0.4, 0.5) is 5.69 Å². The number of anilines is 1. The smallest absolute Gasteiger partial charge is 0.244 e. The monoisotopic (exact) mass is 341 g/mol. The van der Waals surface area contributed by atoms with E-state index >= 15 is 0 Å². The Hall–Kier alpha value is -2.33. The summed E-state index contributed by atoms with van der Waals surface area (Å²) < 4.78 is 1.99. The molecule has 1 aromatic heterocycles. The molecule has 24 heavy (non-hydrogen) atoms. The molecule has 124 valence electrons. The van der Waals surface area contributed by atoms with E-state index in [4.69, 9.17) is 16.6 Å². The van der Waals surface area contributed by atoms with Crippen molar-refractivity contribution in [1.82, 2.24) is 9.55 Å². The maximum atomic E-state index is 12.5. The Morgan fingerprint density at radius 3 is 2.46 bits per heavy atom. The summed E-state index contributed by atoms with van der Waals surface area (Å²) in [6.45, 7) is 6.52. The molecule has 5 heteroatoms. The maximum Gasteiger partial charge on any atom is 0.244 e. The van der Waals surface area contributed by atoms with Crippen LogP contribution in [0.15, 0.2) is 48.5 Å². The third-order valence-corrected chi connectivity index (χ3v) is 4.01. The molecule has 0 aliphatic carbocycles. The SMILES string of the molecule is CC(C)(C)c1nc2ccccc2n1CC(=O)Nc1ccc(Cl)cc1. The zero-order valence-corrected chi connectivity index (χ0v) is 14.8. The second-order valence-electron chi connectivity index (χ2n) is 6.82. The molecule has 1 N–H and O–H groups in total. The number of nitrogens with zero attached hydrogens (tertiary/aromatic N) is 2. The zero-order valence-electron chi connectivity index (χ0n) is 14.0. The van der Waals surface area contributed by atoms with Gasteiger partial charge in [-0.05, 0) is 36.4 Å². The normalized spacial score (nSPS) is 11.7. The van der Waals surface area contributed by atoms with E-state index in [0.717, 1.165) is 22.5 Å². The highest BCUT2D eigenvalue weighted by molar-refractivity contribution is 6.30. The standard InChI is InChI=1S/C19H20ClN3O/c1-19(2,3)18-22-15-6-4-5-7-16(15)23(18)12-17(24)21-14-10-8-13(20)9-11-14/h4-11H,12H2,1-3H3,(H,21,24). The van der Waals surface area contributed by atoms with Crippen LogP contribution in [0.2, 0.25) is 5.02 Å². The number of rotatable bonds is 3. The number of para-hydroxylation sites is 2. The molecule has 0 radical (unpaired) electrons. The Morgan fingerprint density at radius 1 is 1.12 bits per heavy atom. The van der Waals surface area contributed by atoms with Crippen LogP contribution in [0.3, 0.4) is 0 Å². The Morgan fingerprint density at radius 2 is 1.79 bits per heavy atom. The van der Waals surface area contributed by atoms with Crippen LogP contribution in [0.25, 0.3) is 11.0 Å². The van der Waals surface area contributed by atoms with Crippen molar-refractivity contribution in [3.8, 4) is 0 Å². The molecule has 3 aromatic rings. The van der Waals surface area contributed by atoms with E-state index < -0.39 is 0 Å². The largest absolute Gasteiger partial charge is 0.325 e. The first-order valence-corrected chi connectivity index (χ1v) is 8.23. The molecule has 0 aliphatic rings. The van der Waals surface area contributed by atoms with Gasteiger partial charge in [0.1, 0.15) is 12.4 Å². The summed E-state index contributed by atoms with van der Waals surface area (Å²) in [5.74, 6) is 0.806. The molecular weight excluding hydrogens is 322 g/mol. The molecule has 0 spiro atoms. The fourth-order valence-corrected chi connectivity index (χ4v) is 2.81. The van der Waals surface area contributed by atoms with Crippen molar-refractivity contribution in [1.29, 1.82) is 0 Å². The van der Waals surface area contributed by atoms with E-state index in [1.807, 2.05) is 28.8 Å². The number of imidazole rings is 1. The topological polar surface area (TPSA) is 46.9 Å². The number of carbonyl (C=O) groups is 1. The van der Waals surface area contributed by atoms with Crippen LogP contribution in [-0.2, 0) is 16.8 Å². The average molecular weight is 342 g/mol. The Bertz CT molecular complexity index is 876.